The molecule has 0 spiro atoms. The van der Waals surface area contributed by atoms with Crippen molar-refractivity contribution >= 4 is 23.4 Å². The van der Waals surface area contributed by atoms with Gasteiger partial charge in [-0.25, -0.2) is 4.98 Å². The SMILES string of the molecule is CCC(CSC)N(C)c1cc(C(=N)N)cc(C)n1. The van der Waals surface area contributed by atoms with E-state index < -0.39 is 0 Å². The Morgan fingerprint density at radius 3 is 2.72 bits per heavy atom. The zero-order valence-electron chi connectivity index (χ0n) is 11.5. The Labute approximate surface area is 113 Å². The quantitative estimate of drug-likeness (QED) is 0.612. The predicted octanol–water partition coefficient (Wildman–Crippen LogP) is 2.25. The van der Waals surface area contributed by atoms with Crippen molar-refractivity contribution in [2.75, 3.05) is 24.0 Å². The minimum Gasteiger partial charge on any atom is -0.384 e. The molecular weight excluding hydrogens is 244 g/mol. The third-order valence-corrected chi connectivity index (χ3v) is 3.71. The zero-order chi connectivity index (χ0) is 13.7. The molecule has 0 bridgehead atoms. The number of nitrogens with two attached hydrogens (primary N) is 1. The molecule has 0 aliphatic carbocycles. The van der Waals surface area contributed by atoms with Crippen LogP contribution in [0.1, 0.15) is 24.6 Å². The molecule has 1 unspecified atom stereocenters. The lowest BCUT2D eigenvalue weighted by Crippen LogP contribution is -2.34. The van der Waals surface area contributed by atoms with Crippen LogP contribution in [-0.2, 0) is 0 Å². The van der Waals surface area contributed by atoms with Crippen LogP contribution in [0, 0.1) is 12.3 Å². The van der Waals surface area contributed by atoms with Crippen molar-refractivity contribution in [3.05, 3.63) is 23.4 Å². The van der Waals surface area contributed by atoms with Gasteiger partial charge in [0.2, 0.25) is 0 Å². The number of pyridine rings is 1. The van der Waals surface area contributed by atoms with E-state index in [0.29, 0.717) is 6.04 Å². The highest BCUT2D eigenvalue weighted by Crippen LogP contribution is 2.19. The van der Waals surface area contributed by atoms with Crippen molar-refractivity contribution in [2.24, 2.45) is 5.73 Å². The Morgan fingerprint density at radius 1 is 1.56 bits per heavy atom. The maximum absolute atomic E-state index is 7.53. The predicted molar refractivity (Wildman–Crippen MR) is 80.9 cm³/mol. The van der Waals surface area contributed by atoms with Crippen LogP contribution >= 0.6 is 11.8 Å². The van der Waals surface area contributed by atoms with Crippen molar-refractivity contribution < 1.29 is 0 Å². The summed E-state index contributed by atoms with van der Waals surface area (Å²) in [4.78, 5) is 6.71. The number of rotatable bonds is 6. The first-order valence-corrected chi connectivity index (χ1v) is 7.43. The summed E-state index contributed by atoms with van der Waals surface area (Å²) in [6.07, 6.45) is 3.18. The van der Waals surface area contributed by atoms with Gasteiger partial charge < -0.3 is 10.6 Å². The molecule has 18 heavy (non-hydrogen) atoms. The molecule has 1 atom stereocenters. The van der Waals surface area contributed by atoms with Crippen LogP contribution in [0.2, 0.25) is 0 Å². The summed E-state index contributed by atoms with van der Waals surface area (Å²) in [5.74, 6) is 2.05. The molecule has 100 valence electrons. The van der Waals surface area contributed by atoms with Crippen LogP contribution in [0.15, 0.2) is 12.1 Å². The van der Waals surface area contributed by atoms with Crippen molar-refractivity contribution in [3.8, 4) is 0 Å². The summed E-state index contributed by atoms with van der Waals surface area (Å²) in [6.45, 7) is 4.11. The minimum absolute atomic E-state index is 0.0908. The van der Waals surface area contributed by atoms with E-state index in [9.17, 15) is 0 Å². The van der Waals surface area contributed by atoms with E-state index in [0.717, 1.165) is 29.2 Å². The fraction of sp³-hybridized carbons (Fsp3) is 0.538. The molecule has 0 saturated carbocycles. The molecule has 0 aliphatic heterocycles. The summed E-state index contributed by atoms with van der Waals surface area (Å²) >= 11 is 1.84. The van der Waals surface area contributed by atoms with Crippen molar-refractivity contribution in [1.82, 2.24) is 4.98 Å². The summed E-state index contributed by atoms with van der Waals surface area (Å²) in [6, 6.07) is 4.18. The van der Waals surface area contributed by atoms with Gasteiger partial charge in [-0.1, -0.05) is 6.92 Å². The molecule has 1 aromatic heterocycles. The number of nitrogens with one attached hydrogen (secondary N) is 1. The zero-order valence-corrected chi connectivity index (χ0v) is 12.3. The minimum atomic E-state index is 0.0908. The van der Waals surface area contributed by atoms with E-state index in [1.54, 1.807) is 0 Å². The topological polar surface area (TPSA) is 66.0 Å². The molecule has 0 amide bonds. The number of amidine groups is 1. The standard InChI is InChI=1S/C13H22N4S/c1-5-11(8-18-4)17(3)12-7-10(13(14)15)6-9(2)16-12/h6-7,11H,5,8H2,1-4H3,(H3,14,15). The van der Waals surface area contributed by atoms with Gasteiger partial charge in [0.25, 0.3) is 0 Å². The lowest BCUT2D eigenvalue weighted by atomic mass is 10.2. The lowest BCUT2D eigenvalue weighted by molar-refractivity contribution is 0.665. The summed E-state index contributed by atoms with van der Waals surface area (Å²) in [5.41, 5.74) is 7.18. The summed E-state index contributed by atoms with van der Waals surface area (Å²) in [5, 5.41) is 7.53. The average molecular weight is 266 g/mol. The van der Waals surface area contributed by atoms with Crippen LogP contribution < -0.4 is 10.6 Å². The second kappa shape index (κ2) is 6.64. The fourth-order valence-electron chi connectivity index (χ4n) is 1.87. The average Bonchev–Trinajstić information content (AvgIpc) is 2.34. The van der Waals surface area contributed by atoms with Gasteiger partial charge in [0, 0.05) is 30.1 Å². The van der Waals surface area contributed by atoms with E-state index in [1.165, 1.54) is 0 Å². The number of aromatic nitrogens is 1. The van der Waals surface area contributed by atoms with Crippen molar-refractivity contribution in [2.45, 2.75) is 26.3 Å². The fourth-order valence-corrected chi connectivity index (χ4v) is 2.71. The first kappa shape index (κ1) is 14.8. The van der Waals surface area contributed by atoms with Gasteiger partial charge >= 0.3 is 0 Å². The van der Waals surface area contributed by atoms with E-state index in [4.69, 9.17) is 11.1 Å². The van der Waals surface area contributed by atoms with Crippen molar-refractivity contribution in [3.63, 3.8) is 0 Å². The normalized spacial score (nSPS) is 12.2. The van der Waals surface area contributed by atoms with Crippen molar-refractivity contribution in [1.29, 1.82) is 5.41 Å². The number of hydrogen-bond acceptors (Lipinski definition) is 4. The molecule has 5 heteroatoms. The number of hydrogen-bond donors (Lipinski definition) is 2. The molecule has 0 radical (unpaired) electrons. The molecule has 3 N–H and O–H groups in total. The van der Waals surface area contributed by atoms with Gasteiger partial charge in [-0.15, -0.1) is 0 Å². The molecule has 4 nitrogen and oxygen atoms in total. The molecule has 1 heterocycles. The van der Waals surface area contributed by atoms with Crippen LogP contribution in [-0.4, -0.2) is 35.9 Å². The monoisotopic (exact) mass is 266 g/mol. The van der Waals surface area contributed by atoms with Crippen LogP contribution in [0.25, 0.3) is 0 Å². The Kier molecular flexibility index (Phi) is 5.47. The van der Waals surface area contributed by atoms with Gasteiger partial charge in [0.05, 0.1) is 0 Å². The van der Waals surface area contributed by atoms with Gasteiger partial charge in [-0.3, -0.25) is 5.41 Å². The third kappa shape index (κ3) is 3.63. The van der Waals surface area contributed by atoms with Crippen LogP contribution in [0.5, 0.6) is 0 Å². The molecule has 1 rings (SSSR count). The van der Waals surface area contributed by atoms with Gasteiger partial charge in [0.1, 0.15) is 11.7 Å². The Morgan fingerprint density at radius 2 is 2.22 bits per heavy atom. The maximum Gasteiger partial charge on any atom is 0.129 e. The van der Waals surface area contributed by atoms with Crippen LogP contribution in [0.4, 0.5) is 5.82 Å². The highest BCUT2D eigenvalue weighted by atomic mass is 32.2. The smallest absolute Gasteiger partial charge is 0.129 e. The van der Waals surface area contributed by atoms with E-state index in [2.05, 4.69) is 30.1 Å². The number of aryl methyl sites for hydroxylation is 1. The lowest BCUT2D eigenvalue weighted by Gasteiger charge is -2.28. The summed E-state index contributed by atoms with van der Waals surface area (Å²) in [7, 11) is 2.05. The molecule has 0 saturated heterocycles. The Balaban J connectivity index is 3.04. The Hall–Kier alpha value is -1.23. The molecular formula is C13H22N4S. The number of nitrogen functional groups attached to an aromatic ring is 1. The highest BCUT2D eigenvalue weighted by molar-refractivity contribution is 7.98. The van der Waals surface area contributed by atoms with Crippen LogP contribution in [0.3, 0.4) is 0 Å². The highest BCUT2D eigenvalue weighted by Gasteiger charge is 2.15. The van der Waals surface area contributed by atoms with Gasteiger partial charge in [-0.2, -0.15) is 11.8 Å². The van der Waals surface area contributed by atoms with E-state index >= 15 is 0 Å². The van der Waals surface area contributed by atoms with E-state index in [-0.39, 0.29) is 5.84 Å². The van der Waals surface area contributed by atoms with Gasteiger partial charge in [0.15, 0.2) is 0 Å². The number of anilines is 1. The molecule has 0 fully saturated rings. The second-order valence-electron chi connectivity index (χ2n) is 4.40. The molecule has 1 aromatic rings. The molecule has 0 aliphatic rings. The van der Waals surface area contributed by atoms with E-state index in [1.807, 2.05) is 30.8 Å². The second-order valence-corrected chi connectivity index (χ2v) is 5.31. The third-order valence-electron chi connectivity index (χ3n) is 2.99. The largest absolute Gasteiger partial charge is 0.384 e. The Bertz CT molecular complexity index is 419. The first-order chi connectivity index (χ1) is 8.49. The maximum atomic E-state index is 7.53. The number of nitrogens with zero attached hydrogens (tertiary/aromatic N) is 2. The van der Waals surface area contributed by atoms with Gasteiger partial charge in [-0.05, 0) is 31.7 Å². The molecule has 0 aromatic carbocycles. The summed E-state index contributed by atoms with van der Waals surface area (Å²) < 4.78 is 0. The first-order valence-electron chi connectivity index (χ1n) is 6.04. The number of thioether (sulfide) groups is 1.